The summed E-state index contributed by atoms with van der Waals surface area (Å²) in [6.07, 6.45) is 3.29. The molecule has 2 aromatic rings. The fourth-order valence-corrected chi connectivity index (χ4v) is 1.97. The van der Waals surface area contributed by atoms with Gasteiger partial charge in [-0.25, -0.2) is 9.37 Å². The summed E-state index contributed by atoms with van der Waals surface area (Å²) in [5, 5.41) is 0. The molecule has 0 bridgehead atoms. The number of rotatable bonds is 2. The standard InChI is InChI=1S/C11H11BrFN3/c1-16-6-15-5-9(16)11(14)7-3-2-4-8(12)10(7)13/h2-6,11H,14H2,1H3. The van der Waals surface area contributed by atoms with Gasteiger partial charge < -0.3 is 10.3 Å². The number of benzene rings is 1. The first-order valence-electron chi connectivity index (χ1n) is 4.77. The largest absolute Gasteiger partial charge is 0.336 e. The van der Waals surface area contributed by atoms with Crippen molar-refractivity contribution in [1.82, 2.24) is 9.55 Å². The molecule has 0 amide bonds. The summed E-state index contributed by atoms with van der Waals surface area (Å²) < 4.78 is 16.0. The maximum absolute atomic E-state index is 13.8. The van der Waals surface area contributed by atoms with E-state index in [0.717, 1.165) is 5.69 Å². The lowest BCUT2D eigenvalue weighted by molar-refractivity contribution is 0.587. The fraction of sp³-hybridized carbons (Fsp3) is 0.182. The second kappa shape index (κ2) is 4.35. The highest BCUT2D eigenvalue weighted by Crippen LogP contribution is 2.26. The van der Waals surface area contributed by atoms with Crippen LogP contribution in [0.2, 0.25) is 0 Å². The number of halogens is 2. The molecule has 0 spiro atoms. The first kappa shape index (κ1) is 11.3. The molecule has 0 radical (unpaired) electrons. The van der Waals surface area contributed by atoms with Crippen molar-refractivity contribution in [2.45, 2.75) is 6.04 Å². The molecule has 5 heteroatoms. The van der Waals surface area contributed by atoms with Crippen molar-refractivity contribution < 1.29 is 4.39 Å². The van der Waals surface area contributed by atoms with Crippen LogP contribution in [-0.4, -0.2) is 9.55 Å². The van der Waals surface area contributed by atoms with Crippen LogP contribution in [0.5, 0.6) is 0 Å². The van der Waals surface area contributed by atoms with Gasteiger partial charge in [0.05, 0.1) is 28.7 Å². The van der Waals surface area contributed by atoms with Gasteiger partial charge in [-0.15, -0.1) is 0 Å². The van der Waals surface area contributed by atoms with E-state index in [4.69, 9.17) is 5.73 Å². The normalized spacial score (nSPS) is 12.8. The molecule has 2 N–H and O–H groups in total. The van der Waals surface area contributed by atoms with Gasteiger partial charge in [0.1, 0.15) is 5.82 Å². The second-order valence-corrected chi connectivity index (χ2v) is 4.40. The van der Waals surface area contributed by atoms with Gasteiger partial charge in [0, 0.05) is 12.6 Å². The number of aryl methyl sites for hydroxylation is 1. The van der Waals surface area contributed by atoms with Gasteiger partial charge in [-0.1, -0.05) is 12.1 Å². The quantitative estimate of drug-likeness (QED) is 0.920. The number of hydrogen-bond acceptors (Lipinski definition) is 2. The van der Waals surface area contributed by atoms with E-state index < -0.39 is 6.04 Å². The van der Waals surface area contributed by atoms with E-state index >= 15 is 0 Å². The van der Waals surface area contributed by atoms with Crippen LogP contribution in [0.4, 0.5) is 4.39 Å². The Morgan fingerprint density at radius 3 is 2.88 bits per heavy atom. The van der Waals surface area contributed by atoms with E-state index in [-0.39, 0.29) is 5.82 Å². The molecule has 1 aromatic heterocycles. The highest BCUT2D eigenvalue weighted by atomic mass is 79.9. The van der Waals surface area contributed by atoms with Crippen molar-refractivity contribution in [3.05, 3.63) is 52.3 Å². The predicted molar refractivity (Wildman–Crippen MR) is 63.3 cm³/mol. The van der Waals surface area contributed by atoms with E-state index in [1.165, 1.54) is 0 Å². The van der Waals surface area contributed by atoms with Gasteiger partial charge in [-0.2, -0.15) is 0 Å². The SMILES string of the molecule is Cn1cncc1C(N)c1cccc(Br)c1F. The Bertz CT molecular complexity index is 510. The third kappa shape index (κ3) is 1.88. The van der Waals surface area contributed by atoms with E-state index in [1.54, 1.807) is 35.3 Å². The molecule has 0 aliphatic heterocycles. The van der Waals surface area contributed by atoms with Crippen molar-refractivity contribution in [2.24, 2.45) is 12.8 Å². The summed E-state index contributed by atoms with van der Waals surface area (Å²) in [6, 6.07) is 4.58. The van der Waals surface area contributed by atoms with E-state index in [0.29, 0.717) is 10.0 Å². The summed E-state index contributed by atoms with van der Waals surface area (Å²) in [7, 11) is 1.83. The lowest BCUT2D eigenvalue weighted by Crippen LogP contribution is -2.16. The Morgan fingerprint density at radius 2 is 2.25 bits per heavy atom. The van der Waals surface area contributed by atoms with Crippen LogP contribution in [0.3, 0.4) is 0 Å². The zero-order valence-corrected chi connectivity index (χ0v) is 10.3. The predicted octanol–water partition coefficient (Wildman–Crippen LogP) is 2.37. The minimum Gasteiger partial charge on any atom is -0.336 e. The molecule has 0 fully saturated rings. The Balaban J connectivity index is 2.46. The summed E-state index contributed by atoms with van der Waals surface area (Å²) >= 11 is 3.14. The molecule has 3 nitrogen and oxygen atoms in total. The van der Waals surface area contributed by atoms with Gasteiger partial charge in [-0.05, 0) is 22.0 Å². The molecular formula is C11H11BrFN3. The molecule has 1 atom stereocenters. The molecule has 0 aliphatic carbocycles. The van der Waals surface area contributed by atoms with Gasteiger partial charge in [0.15, 0.2) is 0 Å². The van der Waals surface area contributed by atoms with Gasteiger partial charge in [0.2, 0.25) is 0 Å². The van der Waals surface area contributed by atoms with Crippen LogP contribution in [0.15, 0.2) is 35.2 Å². The minimum absolute atomic E-state index is 0.323. The maximum Gasteiger partial charge on any atom is 0.142 e. The molecule has 16 heavy (non-hydrogen) atoms. The number of nitrogens with two attached hydrogens (primary N) is 1. The van der Waals surface area contributed by atoms with Crippen LogP contribution in [0.1, 0.15) is 17.3 Å². The zero-order chi connectivity index (χ0) is 11.7. The average molecular weight is 284 g/mol. The van der Waals surface area contributed by atoms with Crippen molar-refractivity contribution in [1.29, 1.82) is 0 Å². The highest BCUT2D eigenvalue weighted by molar-refractivity contribution is 9.10. The molecule has 1 heterocycles. The van der Waals surface area contributed by atoms with Crippen molar-refractivity contribution in [3.8, 4) is 0 Å². The fourth-order valence-electron chi connectivity index (χ4n) is 1.59. The van der Waals surface area contributed by atoms with Gasteiger partial charge in [0.25, 0.3) is 0 Å². The third-order valence-corrected chi connectivity index (χ3v) is 3.10. The van der Waals surface area contributed by atoms with Crippen LogP contribution in [0, 0.1) is 5.82 Å². The van der Waals surface area contributed by atoms with Crippen molar-refractivity contribution >= 4 is 15.9 Å². The van der Waals surface area contributed by atoms with Gasteiger partial charge >= 0.3 is 0 Å². The summed E-state index contributed by atoms with van der Waals surface area (Å²) in [5.41, 5.74) is 7.24. The Hall–Kier alpha value is -1.20. The van der Waals surface area contributed by atoms with E-state index in [9.17, 15) is 4.39 Å². The van der Waals surface area contributed by atoms with Crippen LogP contribution >= 0.6 is 15.9 Å². The van der Waals surface area contributed by atoms with E-state index in [1.807, 2.05) is 7.05 Å². The van der Waals surface area contributed by atoms with Crippen LogP contribution in [-0.2, 0) is 7.05 Å². The summed E-state index contributed by atoms with van der Waals surface area (Å²) in [5.74, 6) is -0.323. The lowest BCUT2D eigenvalue weighted by atomic mass is 10.0. The first-order valence-corrected chi connectivity index (χ1v) is 5.56. The smallest absolute Gasteiger partial charge is 0.142 e. The summed E-state index contributed by atoms with van der Waals surface area (Å²) in [6.45, 7) is 0. The van der Waals surface area contributed by atoms with Crippen LogP contribution < -0.4 is 5.73 Å². The number of imidazole rings is 1. The molecule has 84 valence electrons. The van der Waals surface area contributed by atoms with E-state index in [2.05, 4.69) is 20.9 Å². The topological polar surface area (TPSA) is 43.8 Å². The number of nitrogens with zero attached hydrogens (tertiary/aromatic N) is 2. The van der Waals surface area contributed by atoms with Crippen molar-refractivity contribution in [2.75, 3.05) is 0 Å². The molecule has 1 aromatic carbocycles. The monoisotopic (exact) mass is 283 g/mol. The van der Waals surface area contributed by atoms with Gasteiger partial charge in [-0.3, -0.25) is 0 Å². The van der Waals surface area contributed by atoms with Crippen LogP contribution in [0.25, 0.3) is 0 Å². The Labute approximate surface area is 101 Å². The molecule has 0 aliphatic rings. The second-order valence-electron chi connectivity index (χ2n) is 3.55. The molecule has 1 unspecified atom stereocenters. The zero-order valence-electron chi connectivity index (χ0n) is 8.69. The lowest BCUT2D eigenvalue weighted by Gasteiger charge is -2.14. The Morgan fingerprint density at radius 1 is 1.50 bits per heavy atom. The minimum atomic E-state index is -0.509. The first-order chi connectivity index (χ1) is 7.61. The molecule has 2 rings (SSSR count). The summed E-state index contributed by atoms with van der Waals surface area (Å²) in [4.78, 5) is 3.97. The maximum atomic E-state index is 13.8. The van der Waals surface area contributed by atoms with Crippen molar-refractivity contribution in [3.63, 3.8) is 0 Å². The molecule has 0 saturated carbocycles. The average Bonchev–Trinajstić information content (AvgIpc) is 2.68. The molecule has 0 saturated heterocycles. The highest BCUT2D eigenvalue weighted by Gasteiger charge is 2.17. The number of aromatic nitrogens is 2. The molecular weight excluding hydrogens is 273 g/mol. The number of hydrogen-bond donors (Lipinski definition) is 1. The third-order valence-electron chi connectivity index (χ3n) is 2.49. The Kier molecular flexibility index (Phi) is 3.07.